The Labute approximate surface area is 159 Å². The second-order valence-electron chi connectivity index (χ2n) is 8.51. The number of nitrogens with zero attached hydrogens (tertiary/aromatic N) is 3. The number of rotatable bonds is 2. The van der Waals surface area contributed by atoms with Gasteiger partial charge in [0, 0.05) is 50.0 Å². The zero-order valence-corrected chi connectivity index (χ0v) is 15.5. The summed E-state index contributed by atoms with van der Waals surface area (Å²) in [5.74, 6) is 1.03. The summed E-state index contributed by atoms with van der Waals surface area (Å²) in [6, 6.07) is 4.07. The van der Waals surface area contributed by atoms with Gasteiger partial charge in [0.1, 0.15) is 6.04 Å². The van der Waals surface area contributed by atoms with Crippen molar-refractivity contribution in [1.29, 1.82) is 0 Å². The van der Waals surface area contributed by atoms with E-state index in [1.165, 1.54) is 6.42 Å². The molecule has 1 aliphatic carbocycles. The predicted octanol–water partition coefficient (Wildman–Crippen LogP) is 0.790. The minimum absolute atomic E-state index is 0.0332. The van der Waals surface area contributed by atoms with Crippen LogP contribution in [0.1, 0.15) is 42.5 Å². The molecule has 4 aliphatic heterocycles. The summed E-state index contributed by atoms with van der Waals surface area (Å²) in [5.41, 5.74) is 7.22. The summed E-state index contributed by atoms with van der Waals surface area (Å²) in [6.45, 7) is 2.14. The van der Waals surface area contributed by atoms with E-state index < -0.39 is 0 Å². The Balaban J connectivity index is 1.32. The number of carbonyl (C=O) groups is 2. The first-order chi connectivity index (χ1) is 13.2. The Bertz CT molecular complexity index is 726. The molecule has 0 spiro atoms. The quantitative estimate of drug-likeness (QED) is 0.806. The maximum atomic E-state index is 13.3. The molecule has 6 rings (SSSR count). The van der Waals surface area contributed by atoms with Gasteiger partial charge < -0.3 is 9.80 Å². The fraction of sp³-hybridized carbons (Fsp3) is 0.650. The Morgan fingerprint density at radius 3 is 2.85 bits per heavy atom. The SMILES string of the molecule is O=C(c1cccnc1)N1C[C@@H]2CC[C@H](C1)N(C(=O)C1NNC3CCCC31)C2. The fourth-order valence-corrected chi connectivity index (χ4v) is 5.48. The van der Waals surface area contributed by atoms with Crippen molar-refractivity contribution in [2.75, 3.05) is 19.6 Å². The zero-order chi connectivity index (χ0) is 18.4. The van der Waals surface area contributed by atoms with Gasteiger partial charge in [-0.3, -0.25) is 20.0 Å². The lowest BCUT2D eigenvalue weighted by Crippen LogP contribution is -2.55. The number of amides is 2. The molecule has 5 heterocycles. The number of hydrazine groups is 1. The van der Waals surface area contributed by atoms with Crippen LogP contribution in [0.4, 0.5) is 0 Å². The molecule has 7 heteroatoms. The Kier molecular flexibility index (Phi) is 4.36. The molecule has 0 aromatic carbocycles. The number of hydrogen-bond donors (Lipinski definition) is 2. The smallest absolute Gasteiger partial charge is 0.255 e. The van der Waals surface area contributed by atoms with Crippen molar-refractivity contribution in [2.45, 2.75) is 50.2 Å². The number of nitrogens with one attached hydrogen (secondary N) is 2. The van der Waals surface area contributed by atoms with E-state index in [9.17, 15) is 9.59 Å². The van der Waals surface area contributed by atoms with Crippen LogP contribution in [0.15, 0.2) is 24.5 Å². The van der Waals surface area contributed by atoms with E-state index in [1.807, 2.05) is 11.0 Å². The van der Waals surface area contributed by atoms with Crippen LogP contribution in [0.2, 0.25) is 0 Å². The van der Waals surface area contributed by atoms with Crippen molar-refractivity contribution in [3.63, 3.8) is 0 Å². The minimum Gasteiger partial charge on any atom is -0.336 e. The second-order valence-corrected chi connectivity index (χ2v) is 8.51. The van der Waals surface area contributed by atoms with Crippen LogP contribution in [0, 0.1) is 11.8 Å². The van der Waals surface area contributed by atoms with Crippen molar-refractivity contribution >= 4 is 11.8 Å². The Morgan fingerprint density at radius 1 is 1.07 bits per heavy atom. The van der Waals surface area contributed by atoms with Gasteiger partial charge in [-0.15, -0.1) is 0 Å². The van der Waals surface area contributed by atoms with Crippen molar-refractivity contribution in [2.24, 2.45) is 11.8 Å². The lowest BCUT2D eigenvalue weighted by Gasteiger charge is -2.38. The average Bonchev–Trinajstić information content (AvgIpc) is 3.21. The van der Waals surface area contributed by atoms with Crippen LogP contribution in [-0.4, -0.2) is 64.4 Å². The molecule has 5 atom stereocenters. The first-order valence-electron chi connectivity index (χ1n) is 10.2. The molecule has 4 saturated heterocycles. The molecule has 5 fully saturated rings. The van der Waals surface area contributed by atoms with Gasteiger partial charge in [-0.2, -0.15) is 0 Å². The molecule has 27 heavy (non-hydrogen) atoms. The highest BCUT2D eigenvalue weighted by Gasteiger charge is 2.47. The molecule has 1 saturated carbocycles. The Hall–Kier alpha value is -1.99. The maximum absolute atomic E-state index is 13.3. The highest BCUT2D eigenvalue weighted by Crippen LogP contribution is 2.35. The van der Waals surface area contributed by atoms with Crippen molar-refractivity contribution in [1.82, 2.24) is 25.6 Å². The van der Waals surface area contributed by atoms with Crippen molar-refractivity contribution in [3.8, 4) is 0 Å². The van der Waals surface area contributed by atoms with Gasteiger partial charge in [-0.25, -0.2) is 5.43 Å². The summed E-state index contributed by atoms with van der Waals surface area (Å²) in [6.07, 6.45) is 8.87. The molecule has 1 aromatic rings. The van der Waals surface area contributed by atoms with Crippen LogP contribution in [0.5, 0.6) is 0 Å². The third-order valence-electron chi connectivity index (χ3n) is 6.88. The summed E-state index contributed by atoms with van der Waals surface area (Å²) in [4.78, 5) is 34.3. The van der Waals surface area contributed by atoms with Crippen LogP contribution in [0.25, 0.3) is 0 Å². The molecule has 3 unspecified atom stereocenters. The topological polar surface area (TPSA) is 77.6 Å². The highest BCUT2D eigenvalue weighted by atomic mass is 16.2. The number of aromatic nitrogens is 1. The van der Waals surface area contributed by atoms with Gasteiger partial charge in [0.25, 0.3) is 5.91 Å². The Morgan fingerprint density at radius 2 is 2.00 bits per heavy atom. The summed E-state index contributed by atoms with van der Waals surface area (Å²) >= 11 is 0. The van der Waals surface area contributed by atoms with Crippen LogP contribution >= 0.6 is 0 Å². The molecule has 2 bridgehead atoms. The molecular formula is C20H27N5O2. The predicted molar refractivity (Wildman–Crippen MR) is 99.6 cm³/mol. The van der Waals surface area contributed by atoms with E-state index in [4.69, 9.17) is 0 Å². The lowest BCUT2D eigenvalue weighted by atomic mass is 9.91. The third-order valence-corrected chi connectivity index (χ3v) is 6.88. The first kappa shape index (κ1) is 17.1. The van der Waals surface area contributed by atoms with Gasteiger partial charge in [0.15, 0.2) is 0 Å². The first-order valence-corrected chi connectivity index (χ1v) is 10.2. The molecule has 2 amide bonds. The monoisotopic (exact) mass is 369 g/mol. The van der Waals surface area contributed by atoms with Gasteiger partial charge in [0.05, 0.1) is 5.56 Å². The minimum atomic E-state index is -0.112. The molecule has 0 radical (unpaired) electrons. The standard InChI is InChI=1S/C20H27N5O2/c26-19(14-3-2-8-21-9-14)24-10-13-6-7-15(12-24)25(11-13)20(27)18-16-4-1-5-17(16)22-23-18/h2-3,8-9,13,15-18,22-23H,1,4-7,10-12H2/t13-,15+,16?,17?,18?/m0/s1. The summed E-state index contributed by atoms with van der Waals surface area (Å²) in [5, 5.41) is 0. The molecule has 1 aromatic heterocycles. The van der Waals surface area contributed by atoms with Crippen molar-refractivity contribution in [3.05, 3.63) is 30.1 Å². The summed E-state index contributed by atoms with van der Waals surface area (Å²) in [7, 11) is 0. The molecule has 5 aliphatic rings. The molecule has 2 N–H and O–H groups in total. The maximum Gasteiger partial charge on any atom is 0.255 e. The fourth-order valence-electron chi connectivity index (χ4n) is 5.48. The normalized spacial score (nSPS) is 35.2. The molecule has 144 valence electrons. The zero-order valence-electron chi connectivity index (χ0n) is 15.5. The number of hydrogen-bond acceptors (Lipinski definition) is 5. The van der Waals surface area contributed by atoms with E-state index >= 15 is 0 Å². The third kappa shape index (κ3) is 3.02. The van der Waals surface area contributed by atoms with E-state index in [1.54, 1.807) is 18.5 Å². The summed E-state index contributed by atoms with van der Waals surface area (Å²) < 4.78 is 0. The van der Waals surface area contributed by atoms with E-state index in [2.05, 4.69) is 20.7 Å². The number of fused-ring (bicyclic) bond motifs is 5. The van der Waals surface area contributed by atoms with Crippen molar-refractivity contribution < 1.29 is 9.59 Å². The average molecular weight is 369 g/mol. The van der Waals surface area contributed by atoms with Gasteiger partial charge in [-0.05, 0) is 43.7 Å². The van der Waals surface area contributed by atoms with E-state index in [-0.39, 0.29) is 23.9 Å². The number of piperidine rings is 1. The van der Waals surface area contributed by atoms with Gasteiger partial charge in [-0.1, -0.05) is 6.42 Å². The van der Waals surface area contributed by atoms with Gasteiger partial charge in [0.2, 0.25) is 5.91 Å². The van der Waals surface area contributed by atoms with Gasteiger partial charge >= 0.3 is 0 Å². The van der Waals surface area contributed by atoms with Crippen LogP contribution in [0.3, 0.4) is 0 Å². The number of pyridine rings is 1. The largest absolute Gasteiger partial charge is 0.336 e. The van der Waals surface area contributed by atoms with E-state index in [0.717, 1.165) is 38.8 Å². The van der Waals surface area contributed by atoms with Crippen LogP contribution in [-0.2, 0) is 4.79 Å². The molecule has 7 nitrogen and oxygen atoms in total. The van der Waals surface area contributed by atoms with Crippen LogP contribution < -0.4 is 10.9 Å². The molecular weight excluding hydrogens is 342 g/mol. The highest BCUT2D eigenvalue weighted by molar-refractivity contribution is 5.94. The number of carbonyl (C=O) groups excluding carboxylic acids is 2. The lowest BCUT2D eigenvalue weighted by molar-refractivity contribution is -0.138. The second kappa shape index (κ2) is 6.87. The van der Waals surface area contributed by atoms with E-state index in [0.29, 0.717) is 30.0 Å².